The van der Waals surface area contributed by atoms with Gasteiger partial charge in [-0.2, -0.15) is 0 Å². The lowest BCUT2D eigenvalue weighted by atomic mass is 10.1. The summed E-state index contributed by atoms with van der Waals surface area (Å²) in [6, 6.07) is -0.845. The molecule has 58 valence electrons. The van der Waals surface area contributed by atoms with Crippen LogP contribution in [0.3, 0.4) is 0 Å². The normalized spacial score (nSPS) is 28.3. The Morgan fingerprint density at radius 3 is 2.90 bits per heavy atom. The second kappa shape index (κ2) is 2.98. The SMILES string of the molecule is N[C@H](C(=O)O)C1CCCO1. The molecule has 0 spiro atoms. The van der Waals surface area contributed by atoms with Gasteiger partial charge >= 0.3 is 5.97 Å². The maximum atomic E-state index is 10.3. The van der Waals surface area contributed by atoms with Crippen molar-refractivity contribution >= 4 is 5.97 Å². The van der Waals surface area contributed by atoms with Crippen molar-refractivity contribution in [2.75, 3.05) is 6.61 Å². The minimum Gasteiger partial charge on any atom is -0.480 e. The van der Waals surface area contributed by atoms with E-state index in [4.69, 9.17) is 15.6 Å². The maximum Gasteiger partial charge on any atom is 0.323 e. The zero-order valence-electron chi connectivity index (χ0n) is 5.62. The van der Waals surface area contributed by atoms with Crippen LogP contribution in [0.5, 0.6) is 0 Å². The molecular formula is C6H11NO3. The van der Waals surface area contributed by atoms with Gasteiger partial charge in [0.15, 0.2) is 0 Å². The first-order valence-corrected chi connectivity index (χ1v) is 3.32. The van der Waals surface area contributed by atoms with Gasteiger partial charge in [0, 0.05) is 6.61 Å². The molecule has 0 aromatic carbocycles. The van der Waals surface area contributed by atoms with Crippen molar-refractivity contribution in [3.05, 3.63) is 0 Å². The zero-order valence-corrected chi connectivity index (χ0v) is 5.62. The minimum absolute atomic E-state index is 0.266. The van der Waals surface area contributed by atoms with Crippen LogP contribution in [0.1, 0.15) is 12.8 Å². The second-order valence-electron chi connectivity index (χ2n) is 2.42. The number of carboxylic acid groups (broad SMARTS) is 1. The highest BCUT2D eigenvalue weighted by Gasteiger charge is 2.27. The van der Waals surface area contributed by atoms with Gasteiger partial charge in [0.2, 0.25) is 0 Å². The zero-order chi connectivity index (χ0) is 7.56. The average molecular weight is 145 g/mol. The van der Waals surface area contributed by atoms with E-state index in [2.05, 4.69) is 0 Å². The van der Waals surface area contributed by atoms with Crippen LogP contribution in [0, 0.1) is 0 Å². The molecule has 1 saturated heterocycles. The van der Waals surface area contributed by atoms with Crippen LogP contribution in [0.15, 0.2) is 0 Å². The van der Waals surface area contributed by atoms with Crippen molar-refractivity contribution in [3.63, 3.8) is 0 Å². The smallest absolute Gasteiger partial charge is 0.323 e. The van der Waals surface area contributed by atoms with Gasteiger partial charge in [-0.3, -0.25) is 4.79 Å². The molecule has 2 atom stereocenters. The molecule has 1 aliphatic rings. The summed E-state index contributed by atoms with van der Waals surface area (Å²) in [7, 11) is 0. The maximum absolute atomic E-state index is 10.3. The Labute approximate surface area is 59.0 Å². The van der Waals surface area contributed by atoms with Crippen LogP contribution >= 0.6 is 0 Å². The van der Waals surface area contributed by atoms with Crippen molar-refractivity contribution in [2.45, 2.75) is 25.0 Å². The molecule has 3 N–H and O–H groups in total. The van der Waals surface area contributed by atoms with E-state index in [1.165, 1.54) is 0 Å². The number of rotatable bonds is 2. The largest absolute Gasteiger partial charge is 0.480 e. The Balaban J connectivity index is 2.39. The van der Waals surface area contributed by atoms with Crippen LogP contribution in [-0.4, -0.2) is 29.8 Å². The summed E-state index contributed by atoms with van der Waals surface area (Å²) in [6.45, 7) is 0.644. The van der Waals surface area contributed by atoms with Crippen LogP contribution < -0.4 is 5.73 Å². The molecule has 1 aliphatic heterocycles. The lowest BCUT2D eigenvalue weighted by Crippen LogP contribution is -2.41. The molecule has 1 heterocycles. The van der Waals surface area contributed by atoms with Crippen LogP contribution in [0.25, 0.3) is 0 Å². The lowest BCUT2D eigenvalue weighted by molar-refractivity contribution is -0.141. The molecule has 0 radical (unpaired) electrons. The molecular weight excluding hydrogens is 134 g/mol. The van der Waals surface area contributed by atoms with Crippen molar-refractivity contribution in [1.82, 2.24) is 0 Å². The Bertz CT molecular complexity index is 131. The van der Waals surface area contributed by atoms with Crippen molar-refractivity contribution < 1.29 is 14.6 Å². The van der Waals surface area contributed by atoms with E-state index in [1.807, 2.05) is 0 Å². The van der Waals surface area contributed by atoms with E-state index in [0.717, 1.165) is 12.8 Å². The standard InChI is InChI=1S/C6H11NO3/c7-5(6(8)9)4-2-1-3-10-4/h4-5H,1-3,7H2,(H,8,9)/t4?,5-/m0/s1. The summed E-state index contributed by atoms with van der Waals surface area (Å²) in [5.41, 5.74) is 5.30. The highest BCUT2D eigenvalue weighted by Crippen LogP contribution is 2.14. The number of nitrogens with two attached hydrogens (primary N) is 1. The first kappa shape index (κ1) is 7.50. The Hall–Kier alpha value is -0.610. The van der Waals surface area contributed by atoms with Gasteiger partial charge in [0.1, 0.15) is 6.04 Å². The highest BCUT2D eigenvalue weighted by molar-refractivity contribution is 5.73. The summed E-state index contributed by atoms with van der Waals surface area (Å²) in [6.07, 6.45) is 1.43. The molecule has 4 nitrogen and oxygen atoms in total. The van der Waals surface area contributed by atoms with E-state index in [0.29, 0.717) is 6.61 Å². The minimum atomic E-state index is -0.980. The van der Waals surface area contributed by atoms with Gasteiger partial charge in [-0.05, 0) is 12.8 Å². The van der Waals surface area contributed by atoms with Gasteiger partial charge < -0.3 is 15.6 Å². The first-order chi connectivity index (χ1) is 4.72. The third-order valence-corrected chi connectivity index (χ3v) is 1.65. The van der Waals surface area contributed by atoms with E-state index in [9.17, 15) is 4.79 Å². The summed E-state index contributed by atoms with van der Waals surface area (Å²) >= 11 is 0. The quantitative estimate of drug-likeness (QED) is 0.553. The summed E-state index contributed by atoms with van der Waals surface area (Å²) in [5.74, 6) is -0.980. The van der Waals surface area contributed by atoms with Crippen LogP contribution in [0.2, 0.25) is 0 Å². The number of carbonyl (C=O) groups is 1. The molecule has 10 heavy (non-hydrogen) atoms. The highest BCUT2D eigenvalue weighted by atomic mass is 16.5. The average Bonchev–Trinajstić information content (AvgIpc) is 2.36. The number of ether oxygens (including phenoxy) is 1. The van der Waals surface area contributed by atoms with Gasteiger partial charge in [-0.15, -0.1) is 0 Å². The first-order valence-electron chi connectivity index (χ1n) is 3.32. The van der Waals surface area contributed by atoms with Gasteiger partial charge in [-0.1, -0.05) is 0 Å². The van der Waals surface area contributed by atoms with Gasteiger partial charge in [-0.25, -0.2) is 0 Å². The van der Waals surface area contributed by atoms with Crippen molar-refractivity contribution in [1.29, 1.82) is 0 Å². The molecule has 0 saturated carbocycles. The van der Waals surface area contributed by atoms with Crippen LogP contribution in [-0.2, 0) is 9.53 Å². The summed E-state index contributed by atoms with van der Waals surface area (Å²) < 4.78 is 5.07. The number of carboxylic acids is 1. The van der Waals surface area contributed by atoms with E-state index in [1.54, 1.807) is 0 Å². The van der Waals surface area contributed by atoms with E-state index >= 15 is 0 Å². The molecule has 4 heteroatoms. The van der Waals surface area contributed by atoms with Crippen molar-refractivity contribution in [2.24, 2.45) is 5.73 Å². The molecule has 0 aliphatic carbocycles. The number of hydrogen-bond donors (Lipinski definition) is 2. The Kier molecular flexibility index (Phi) is 2.24. The fourth-order valence-electron chi connectivity index (χ4n) is 1.04. The Morgan fingerprint density at radius 1 is 1.80 bits per heavy atom. The number of aliphatic carboxylic acids is 1. The Morgan fingerprint density at radius 2 is 2.50 bits per heavy atom. The summed E-state index contributed by atoms with van der Waals surface area (Å²) in [5, 5.41) is 8.44. The molecule has 0 aromatic rings. The number of hydrogen-bond acceptors (Lipinski definition) is 3. The lowest BCUT2D eigenvalue weighted by Gasteiger charge is -2.12. The molecule has 1 fully saturated rings. The van der Waals surface area contributed by atoms with E-state index in [-0.39, 0.29) is 6.10 Å². The predicted molar refractivity (Wildman–Crippen MR) is 34.6 cm³/mol. The topological polar surface area (TPSA) is 72.6 Å². The van der Waals surface area contributed by atoms with Gasteiger partial charge in [0.25, 0.3) is 0 Å². The van der Waals surface area contributed by atoms with E-state index < -0.39 is 12.0 Å². The predicted octanol–water partition coefficient (Wildman–Crippen LogP) is -0.423. The summed E-state index contributed by atoms with van der Waals surface area (Å²) in [4.78, 5) is 10.3. The fourth-order valence-corrected chi connectivity index (χ4v) is 1.04. The van der Waals surface area contributed by atoms with Gasteiger partial charge in [0.05, 0.1) is 6.10 Å². The molecule has 1 unspecified atom stereocenters. The van der Waals surface area contributed by atoms with Crippen molar-refractivity contribution in [3.8, 4) is 0 Å². The third kappa shape index (κ3) is 1.46. The molecule has 0 amide bonds. The molecule has 0 aromatic heterocycles. The molecule has 0 bridgehead atoms. The molecule has 1 rings (SSSR count). The second-order valence-corrected chi connectivity index (χ2v) is 2.42. The third-order valence-electron chi connectivity index (χ3n) is 1.65. The fraction of sp³-hybridized carbons (Fsp3) is 0.833. The monoisotopic (exact) mass is 145 g/mol. The van der Waals surface area contributed by atoms with Crippen LogP contribution in [0.4, 0.5) is 0 Å².